The molecule has 0 aliphatic carbocycles. The minimum absolute atomic E-state index is 0.0852. The average Bonchev–Trinajstić information content (AvgIpc) is 3.53. The number of nitrogens with zero attached hydrogens (tertiary/aromatic N) is 5. The van der Waals surface area contributed by atoms with Crippen LogP contribution in [0.2, 0.25) is 0 Å². The second-order valence-electron chi connectivity index (χ2n) is 12.2. The van der Waals surface area contributed by atoms with Gasteiger partial charge in [0, 0.05) is 43.2 Å². The van der Waals surface area contributed by atoms with Crippen molar-refractivity contribution < 1.29 is 36.9 Å². The molecule has 4 fully saturated rings. The third kappa shape index (κ3) is 4.51. The maximum Gasteiger partial charge on any atom is 0.319 e. The van der Waals surface area contributed by atoms with Crippen LogP contribution in [0, 0.1) is 17.5 Å². The molecule has 0 amide bonds. The molecule has 4 atom stereocenters. The van der Waals surface area contributed by atoms with E-state index < -0.39 is 29.2 Å². The van der Waals surface area contributed by atoms with Gasteiger partial charge in [-0.3, -0.25) is 9.88 Å². The van der Waals surface area contributed by atoms with Gasteiger partial charge in [-0.1, -0.05) is 6.07 Å². The summed E-state index contributed by atoms with van der Waals surface area (Å²) in [5.41, 5.74) is -1.05. The summed E-state index contributed by atoms with van der Waals surface area (Å²) in [7, 11) is 0. The van der Waals surface area contributed by atoms with Gasteiger partial charge < -0.3 is 24.2 Å². The van der Waals surface area contributed by atoms with Crippen molar-refractivity contribution in [3.63, 3.8) is 0 Å². The largest absolute Gasteiger partial charge is 0.508 e. The monoisotopic (exact) mass is 611 g/mol. The molecular formula is C31H29F4N5O4. The molecule has 230 valence electrons. The lowest BCUT2D eigenvalue weighted by Gasteiger charge is -2.42. The Morgan fingerprint density at radius 3 is 2.68 bits per heavy atom. The van der Waals surface area contributed by atoms with E-state index in [-0.39, 0.29) is 58.1 Å². The number of alkyl halides is 1. The zero-order valence-corrected chi connectivity index (χ0v) is 23.6. The van der Waals surface area contributed by atoms with Gasteiger partial charge in [-0.15, -0.1) is 0 Å². The Hall–Kier alpha value is -3.81. The van der Waals surface area contributed by atoms with Crippen LogP contribution in [-0.4, -0.2) is 94.9 Å². The molecule has 1 N–H and O–H groups in total. The molecule has 4 aromatic rings. The van der Waals surface area contributed by atoms with Crippen LogP contribution in [0.4, 0.5) is 23.4 Å². The number of halogens is 4. The van der Waals surface area contributed by atoms with Crippen molar-refractivity contribution in [2.24, 2.45) is 0 Å². The maximum atomic E-state index is 16.6. The van der Waals surface area contributed by atoms with Crippen LogP contribution >= 0.6 is 0 Å². The molecule has 0 spiro atoms. The zero-order chi connectivity index (χ0) is 30.2. The third-order valence-corrected chi connectivity index (χ3v) is 9.26. The number of rotatable bonds is 5. The fourth-order valence-electron chi connectivity index (χ4n) is 7.34. The van der Waals surface area contributed by atoms with Crippen molar-refractivity contribution in [1.29, 1.82) is 0 Å². The number of aromatic hydroxyl groups is 1. The maximum absolute atomic E-state index is 16.6. The summed E-state index contributed by atoms with van der Waals surface area (Å²) in [5, 5.41) is 10.6. The summed E-state index contributed by atoms with van der Waals surface area (Å²) in [6.07, 6.45) is 2.06. The van der Waals surface area contributed by atoms with Gasteiger partial charge in [0.15, 0.2) is 17.5 Å². The van der Waals surface area contributed by atoms with Gasteiger partial charge in [0.1, 0.15) is 35.6 Å². The highest BCUT2D eigenvalue weighted by molar-refractivity contribution is 6.00. The molecule has 4 aliphatic rings. The predicted molar refractivity (Wildman–Crippen MR) is 152 cm³/mol. The second-order valence-corrected chi connectivity index (χ2v) is 12.2. The van der Waals surface area contributed by atoms with E-state index in [2.05, 4.69) is 14.9 Å². The van der Waals surface area contributed by atoms with E-state index in [9.17, 15) is 13.9 Å². The lowest BCUT2D eigenvalue weighted by Crippen LogP contribution is -2.54. The van der Waals surface area contributed by atoms with Gasteiger partial charge in [-0.25, -0.2) is 17.6 Å². The molecule has 4 saturated heterocycles. The van der Waals surface area contributed by atoms with Gasteiger partial charge in [0.2, 0.25) is 0 Å². The highest BCUT2D eigenvalue weighted by Gasteiger charge is 2.49. The summed E-state index contributed by atoms with van der Waals surface area (Å²) in [6, 6.07) is 4.57. The highest BCUT2D eigenvalue weighted by Crippen LogP contribution is 2.42. The first kappa shape index (κ1) is 27.7. The van der Waals surface area contributed by atoms with Crippen LogP contribution in [0.25, 0.3) is 32.9 Å². The predicted octanol–water partition coefficient (Wildman–Crippen LogP) is 4.53. The van der Waals surface area contributed by atoms with Crippen molar-refractivity contribution in [2.45, 2.75) is 43.2 Å². The van der Waals surface area contributed by atoms with E-state index in [0.717, 1.165) is 31.5 Å². The lowest BCUT2D eigenvalue weighted by atomic mass is 9.95. The minimum atomic E-state index is -1.18. The van der Waals surface area contributed by atoms with Crippen LogP contribution in [0.3, 0.4) is 0 Å². The number of hydrogen-bond acceptors (Lipinski definition) is 9. The molecule has 0 radical (unpaired) electrons. The zero-order valence-electron chi connectivity index (χ0n) is 23.6. The van der Waals surface area contributed by atoms with E-state index in [1.54, 1.807) is 0 Å². The number of pyridine rings is 1. The number of aromatic nitrogens is 3. The molecule has 13 heteroatoms. The Morgan fingerprint density at radius 1 is 1.05 bits per heavy atom. The van der Waals surface area contributed by atoms with Crippen molar-refractivity contribution in [3.8, 4) is 23.0 Å². The van der Waals surface area contributed by atoms with Gasteiger partial charge in [0.25, 0.3) is 0 Å². The first-order valence-electron chi connectivity index (χ1n) is 14.8. The Bertz CT molecular complexity index is 1780. The molecule has 6 heterocycles. The van der Waals surface area contributed by atoms with Crippen molar-refractivity contribution in [1.82, 2.24) is 19.9 Å². The SMILES string of the molecule is Oc1cc(-c2ncc3c(N4CC5COCC(C4)O5)nc(OC[C@@]45CCCN4C[C@H](F)C5)nc3c2F)c2c(F)c(F)ccc2c1. The summed E-state index contributed by atoms with van der Waals surface area (Å²) in [5.74, 6) is -3.09. The summed E-state index contributed by atoms with van der Waals surface area (Å²) < 4.78 is 78.1. The molecule has 9 nitrogen and oxygen atoms in total. The molecule has 0 saturated carbocycles. The van der Waals surface area contributed by atoms with Gasteiger partial charge in [-0.2, -0.15) is 9.97 Å². The molecule has 2 unspecified atom stereocenters. The Labute approximate surface area is 249 Å². The molecule has 2 aromatic heterocycles. The van der Waals surface area contributed by atoms with E-state index in [1.807, 2.05) is 4.90 Å². The Morgan fingerprint density at radius 2 is 1.86 bits per heavy atom. The van der Waals surface area contributed by atoms with Crippen LogP contribution in [0.15, 0.2) is 30.5 Å². The number of morpholine rings is 1. The Balaban J connectivity index is 1.26. The van der Waals surface area contributed by atoms with Crippen molar-refractivity contribution in [3.05, 3.63) is 47.9 Å². The Kier molecular flexibility index (Phi) is 6.54. The molecule has 4 aliphatic heterocycles. The smallest absolute Gasteiger partial charge is 0.319 e. The number of phenols is 1. The summed E-state index contributed by atoms with van der Waals surface area (Å²) >= 11 is 0. The normalized spacial score (nSPS) is 26.9. The van der Waals surface area contributed by atoms with Gasteiger partial charge in [-0.05, 0) is 43.0 Å². The number of fused-ring (bicyclic) bond motifs is 5. The second kappa shape index (κ2) is 10.4. The van der Waals surface area contributed by atoms with Gasteiger partial charge in [0.05, 0.1) is 36.3 Å². The van der Waals surface area contributed by atoms with E-state index in [4.69, 9.17) is 19.2 Å². The minimum Gasteiger partial charge on any atom is -0.508 e. The molecular weight excluding hydrogens is 582 g/mol. The van der Waals surface area contributed by atoms with Crippen LogP contribution in [0.5, 0.6) is 11.8 Å². The van der Waals surface area contributed by atoms with E-state index >= 15 is 8.78 Å². The van der Waals surface area contributed by atoms with Crippen molar-refractivity contribution in [2.75, 3.05) is 50.9 Å². The molecule has 8 rings (SSSR count). The number of ether oxygens (including phenoxy) is 3. The first-order valence-corrected chi connectivity index (χ1v) is 14.8. The number of hydrogen-bond donors (Lipinski definition) is 1. The van der Waals surface area contributed by atoms with Crippen LogP contribution < -0.4 is 9.64 Å². The quantitative estimate of drug-likeness (QED) is 0.327. The van der Waals surface area contributed by atoms with E-state index in [1.165, 1.54) is 18.3 Å². The summed E-state index contributed by atoms with van der Waals surface area (Å²) in [6.45, 7) is 2.94. The van der Waals surface area contributed by atoms with Gasteiger partial charge >= 0.3 is 6.01 Å². The van der Waals surface area contributed by atoms with Crippen molar-refractivity contribution >= 4 is 27.5 Å². The highest BCUT2D eigenvalue weighted by atomic mass is 19.2. The van der Waals surface area contributed by atoms with Crippen LogP contribution in [0.1, 0.15) is 19.3 Å². The number of phenolic OH excluding ortho intramolecular Hbond substituents is 1. The van der Waals surface area contributed by atoms with Crippen LogP contribution in [-0.2, 0) is 9.47 Å². The number of benzene rings is 2. The average molecular weight is 612 g/mol. The molecule has 2 aromatic carbocycles. The lowest BCUT2D eigenvalue weighted by molar-refractivity contribution is -0.144. The summed E-state index contributed by atoms with van der Waals surface area (Å²) in [4.78, 5) is 17.5. The third-order valence-electron chi connectivity index (χ3n) is 9.26. The fourth-order valence-corrected chi connectivity index (χ4v) is 7.34. The fraction of sp³-hybridized carbons (Fsp3) is 0.452. The molecule has 44 heavy (non-hydrogen) atoms. The topological polar surface area (TPSA) is 93.1 Å². The number of anilines is 1. The first-order chi connectivity index (χ1) is 21.3. The van der Waals surface area contributed by atoms with E-state index in [0.29, 0.717) is 50.5 Å². The molecule has 2 bridgehead atoms. The standard InChI is InChI=1S/C31H29F4N5O4/c32-17-8-31(4-1-5-40(31)10-17)15-43-30-37-28-22(29(38-30)39-11-19-13-42-14-20(12-39)44-19)9-36-27(26(28)35)21-7-18(41)6-16-2-3-23(33)25(34)24(16)21/h2-3,6-7,9,17,19-20,41H,1,4-5,8,10-15H2/t17-,19?,20?,31+/m1/s1.